The van der Waals surface area contributed by atoms with E-state index in [1.165, 1.54) is 0 Å². The lowest BCUT2D eigenvalue weighted by Gasteiger charge is -2.00. The standard InChI is InChI=1S/C19H15NO/c1-14(21)17-7-4-5-15(13-17)9-11-18-12-10-16-6-2-3-8-19(16)20-18/h2-13H,1H3/b11-9+. The van der Waals surface area contributed by atoms with Crippen LogP contribution in [-0.2, 0) is 0 Å². The van der Waals surface area contributed by atoms with E-state index in [-0.39, 0.29) is 5.78 Å². The molecule has 2 nitrogen and oxygen atoms in total. The van der Waals surface area contributed by atoms with Crippen molar-refractivity contribution < 1.29 is 4.79 Å². The third-order valence-electron chi connectivity index (χ3n) is 3.36. The average molecular weight is 273 g/mol. The molecule has 0 saturated carbocycles. The second kappa shape index (κ2) is 5.71. The number of nitrogens with zero attached hydrogens (tertiary/aromatic N) is 1. The molecular weight excluding hydrogens is 258 g/mol. The number of hydrogen-bond acceptors (Lipinski definition) is 2. The molecule has 2 aromatic carbocycles. The Labute approximate surface area is 123 Å². The minimum absolute atomic E-state index is 0.0779. The first-order valence-electron chi connectivity index (χ1n) is 6.87. The van der Waals surface area contributed by atoms with E-state index in [1.807, 2.05) is 66.7 Å². The second-order valence-corrected chi connectivity index (χ2v) is 4.94. The van der Waals surface area contributed by atoms with Gasteiger partial charge in [-0.05, 0) is 36.8 Å². The summed E-state index contributed by atoms with van der Waals surface area (Å²) in [5.41, 5.74) is 3.61. The zero-order valence-electron chi connectivity index (χ0n) is 11.8. The molecule has 21 heavy (non-hydrogen) atoms. The van der Waals surface area contributed by atoms with Crippen molar-refractivity contribution in [1.29, 1.82) is 0 Å². The van der Waals surface area contributed by atoms with Crippen LogP contribution < -0.4 is 0 Å². The Morgan fingerprint density at radius 1 is 0.952 bits per heavy atom. The van der Waals surface area contributed by atoms with Crippen LogP contribution in [0.15, 0.2) is 60.7 Å². The lowest BCUT2D eigenvalue weighted by atomic mass is 10.1. The predicted octanol–water partition coefficient (Wildman–Crippen LogP) is 4.61. The fourth-order valence-corrected chi connectivity index (χ4v) is 2.22. The van der Waals surface area contributed by atoms with Crippen molar-refractivity contribution in [3.8, 4) is 0 Å². The molecule has 0 amide bonds. The molecule has 0 spiro atoms. The number of benzene rings is 2. The Bertz CT molecular complexity index is 834. The van der Waals surface area contributed by atoms with Crippen molar-refractivity contribution in [3.05, 3.63) is 77.5 Å². The van der Waals surface area contributed by atoms with Gasteiger partial charge in [0.25, 0.3) is 0 Å². The van der Waals surface area contributed by atoms with E-state index in [9.17, 15) is 4.79 Å². The minimum atomic E-state index is 0.0779. The molecule has 0 aliphatic rings. The summed E-state index contributed by atoms with van der Waals surface area (Å²) in [7, 11) is 0. The second-order valence-electron chi connectivity index (χ2n) is 4.94. The maximum Gasteiger partial charge on any atom is 0.159 e. The summed E-state index contributed by atoms with van der Waals surface area (Å²) in [6.07, 6.45) is 3.94. The Balaban J connectivity index is 1.90. The minimum Gasteiger partial charge on any atom is -0.295 e. The summed E-state index contributed by atoms with van der Waals surface area (Å²) >= 11 is 0. The quantitative estimate of drug-likeness (QED) is 0.652. The van der Waals surface area contributed by atoms with Gasteiger partial charge in [-0.1, -0.05) is 48.5 Å². The van der Waals surface area contributed by atoms with Gasteiger partial charge >= 0.3 is 0 Å². The molecule has 0 N–H and O–H groups in total. The van der Waals surface area contributed by atoms with Crippen LogP contribution in [0.25, 0.3) is 23.1 Å². The van der Waals surface area contributed by atoms with Gasteiger partial charge in [-0.15, -0.1) is 0 Å². The smallest absolute Gasteiger partial charge is 0.159 e. The first kappa shape index (κ1) is 13.3. The highest BCUT2D eigenvalue weighted by atomic mass is 16.1. The molecule has 0 saturated heterocycles. The van der Waals surface area contributed by atoms with Gasteiger partial charge in [-0.2, -0.15) is 0 Å². The van der Waals surface area contributed by atoms with Crippen LogP contribution in [0.2, 0.25) is 0 Å². The lowest BCUT2D eigenvalue weighted by Crippen LogP contribution is -1.91. The van der Waals surface area contributed by atoms with Crippen LogP contribution in [-0.4, -0.2) is 10.8 Å². The topological polar surface area (TPSA) is 30.0 Å². The molecule has 1 aromatic heterocycles. The van der Waals surface area contributed by atoms with Gasteiger partial charge in [0.15, 0.2) is 5.78 Å². The number of ketones is 1. The van der Waals surface area contributed by atoms with Crippen molar-refractivity contribution in [2.75, 3.05) is 0 Å². The number of Topliss-reactive ketones (excluding diaryl/α,β-unsaturated/α-hetero) is 1. The molecule has 3 aromatic rings. The van der Waals surface area contributed by atoms with Crippen molar-refractivity contribution in [2.45, 2.75) is 6.92 Å². The van der Waals surface area contributed by atoms with E-state index in [4.69, 9.17) is 0 Å². The van der Waals surface area contributed by atoms with E-state index in [0.717, 1.165) is 27.7 Å². The number of fused-ring (bicyclic) bond motifs is 1. The molecule has 3 rings (SSSR count). The Hall–Kier alpha value is -2.74. The van der Waals surface area contributed by atoms with E-state index in [0.29, 0.717) is 0 Å². The number of rotatable bonds is 3. The molecule has 0 radical (unpaired) electrons. The monoisotopic (exact) mass is 273 g/mol. The summed E-state index contributed by atoms with van der Waals surface area (Å²) in [6, 6.07) is 19.7. The third-order valence-corrected chi connectivity index (χ3v) is 3.36. The Morgan fingerprint density at radius 2 is 1.81 bits per heavy atom. The van der Waals surface area contributed by atoms with Crippen LogP contribution in [0.3, 0.4) is 0 Å². The molecule has 0 fully saturated rings. The number of carbonyl (C=O) groups excluding carboxylic acids is 1. The maximum absolute atomic E-state index is 11.4. The van der Waals surface area contributed by atoms with Crippen molar-refractivity contribution in [1.82, 2.24) is 4.98 Å². The SMILES string of the molecule is CC(=O)c1cccc(/C=C/c2ccc3ccccc3n2)c1. The Morgan fingerprint density at radius 3 is 2.67 bits per heavy atom. The maximum atomic E-state index is 11.4. The van der Waals surface area contributed by atoms with Gasteiger partial charge in [0.2, 0.25) is 0 Å². The number of aromatic nitrogens is 1. The molecule has 0 atom stereocenters. The van der Waals surface area contributed by atoms with Gasteiger partial charge in [0.05, 0.1) is 11.2 Å². The number of carbonyl (C=O) groups is 1. The Kier molecular flexibility index (Phi) is 3.61. The first-order valence-corrected chi connectivity index (χ1v) is 6.87. The molecule has 0 aliphatic heterocycles. The zero-order chi connectivity index (χ0) is 14.7. The largest absolute Gasteiger partial charge is 0.295 e. The lowest BCUT2D eigenvalue weighted by molar-refractivity contribution is 0.101. The van der Waals surface area contributed by atoms with Gasteiger partial charge < -0.3 is 0 Å². The molecule has 1 heterocycles. The zero-order valence-corrected chi connectivity index (χ0v) is 11.8. The average Bonchev–Trinajstić information content (AvgIpc) is 2.53. The summed E-state index contributed by atoms with van der Waals surface area (Å²) in [6.45, 7) is 1.58. The van der Waals surface area contributed by atoms with Crippen LogP contribution in [0.5, 0.6) is 0 Å². The van der Waals surface area contributed by atoms with Crippen molar-refractivity contribution in [3.63, 3.8) is 0 Å². The third kappa shape index (κ3) is 3.06. The molecule has 2 heteroatoms. The van der Waals surface area contributed by atoms with Gasteiger partial charge in [-0.25, -0.2) is 4.98 Å². The van der Waals surface area contributed by atoms with E-state index >= 15 is 0 Å². The van der Waals surface area contributed by atoms with Crippen LogP contribution in [0.4, 0.5) is 0 Å². The summed E-state index contributed by atoms with van der Waals surface area (Å²) < 4.78 is 0. The number of hydrogen-bond donors (Lipinski definition) is 0. The highest BCUT2D eigenvalue weighted by Crippen LogP contribution is 2.14. The van der Waals surface area contributed by atoms with Crippen LogP contribution >= 0.6 is 0 Å². The van der Waals surface area contributed by atoms with Crippen LogP contribution in [0, 0.1) is 0 Å². The van der Waals surface area contributed by atoms with Crippen molar-refractivity contribution >= 4 is 28.8 Å². The molecule has 102 valence electrons. The predicted molar refractivity (Wildman–Crippen MR) is 87.1 cm³/mol. The number of para-hydroxylation sites is 1. The van der Waals surface area contributed by atoms with E-state index in [2.05, 4.69) is 11.1 Å². The fraction of sp³-hybridized carbons (Fsp3) is 0.0526. The fourth-order valence-electron chi connectivity index (χ4n) is 2.22. The van der Waals surface area contributed by atoms with Gasteiger partial charge in [0.1, 0.15) is 0 Å². The van der Waals surface area contributed by atoms with Crippen LogP contribution in [0.1, 0.15) is 28.5 Å². The summed E-state index contributed by atoms with van der Waals surface area (Å²) in [5, 5.41) is 1.13. The van der Waals surface area contributed by atoms with E-state index < -0.39 is 0 Å². The highest BCUT2D eigenvalue weighted by Gasteiger charge is 1.99. The molecule has 0 unspecified atom stereocenters. The highest BCUT2D eigenvalue weighted by molar-refractivity contribution is 5.94. The summed E-state index contributed by atoms with van der Waals surface area (Å²) in [5.74, 6) is 0.0779. The molecule has 0 bridgehead atoms. The van der Waals surface area contributed by atoms with Gasteiger partial charge in [0, 0.05) is 10.9 Å². The van der Waals surface area contributed by atoms with E-state index in [1.54, 1.807) is 6.92 Å². The molecule has 0 aliphatic carbocycles. The normalized spacial score (nSPS) is 11.1. The summed E-state index contributed by atoms with van der Waals surface area (Å²) in [4.78, 5) is 16.0. The first-order chi connectivity index (χ1) is 10.2. The van der Waals surface area contributed by atoms with Crippen molar-refractivity contribution in [2.24, 2.45) is 0 Å². The number of pyridine rings is 1. The molecular formula is C19H15NO. The van der Waals surface area contributed by atoms with Gasteiger partial charge in [-0.3, -0.25) is 4.79 Å².